The van der Waals surface area contributed by atoms with Crippen molar-refractivity contribution in [2.45, 2.75) is 57.6 Å². The second-order valence-corrected chi connectivity index (χ2v) is 6.52. The highest BCUT2D eigenvalue weighted by Crippen LogP contribution is 2.46. The van der Waals surface area contributed by atoms with E-state index >= 15 is 0 Å². The molecule has 1 aromatic rings. The van der Waals surface area contributed by atoms with Crippen molar-refractivity contribution >= 4 is 0 Å². The Bertz CT molecular complexity index is 464. The Labute approximate surface area is 116 Å². The minimum Gasteiger partial charge on any atom is -0.375 e. The summed E-state index contributed by atoms with van der Waals surface area (Å²) in [5.74, 6) is 0.579. The quantitative estimate of drug-likeness (QED) is 0.880. The Kier molecular flexibility index (Phi) is 3.40. The van der Waals surface area contributed by atoms with Crippen LogP contribution in [0.1, 0.15) is 54.8 Å². The molecule has 19 heavy (non-hydrogen) atoms. The summed E-state index contributed by atoms with van der Waals surface area (Å²) < 4.78 is 6.01. The predicted octanol–water partition coefficient (Wildman–Crippen LogP) is 3.65. The van der Waals surface area contributed by atoms with E-state index in [1.54, 1.807) is 0 Å². The van der Waals surface area contributed by atoms with E-state index < -0.39 is 0 Å². The molecule has 0 amide bonds. The molecule has 2 N–H and O–H groups in total. The largest absolute Gasteiger partial charge is 0.375 e. The van der Waals surface area contributed by atoms with Crippen LogP contribution in [0.15, 0.2) is 18.2 Å². The van der Waals surface area contributed by atoms with Crippen LogP contribution in [-0.4, -0.2) is 12.2 Å². The Morgan fingerprint density at radius 3 is 2.74 bits per heavy atom. The first kappa shape index (κ1) is 13.1. The minimum atomic E-state index is 0.168. The molecule has 2 atom stereocenters. The van der Waals surface area contributed by atoms with Crippen LogP contribution in [0.4, 0.5) is 0 Å². The topological polar surface area (TPSA) is 35.2 Å². The van der Waals surface area contributed by atoms with Crippen LogP contribution in [0.2, 0.25) is 0 Å². The highest BCUT2D eigenvalue weighted by atomic mass is 16.5. The van der Waals surface area contributed by atoms with Gasteiger partial charge in [-0.25, -0.2) is 0 Å². The van der Waals surface area contributed by atoms with Crippen LogP contribution in [0.3, 0.4) is 0 Å². The maximum Gasteiger partial charge on any atom is 0.0686 e. The van der Waals surface area contributed by atoms with Crippen LogP contribution in [0, 0.1) is 19.8 Å². The molecule has 1 spiro atoms. The summed E-state index contributed by atoms with van der Waals surface area (Å²) in [6, 6.07) is 6.81. The van der Waals surface area contributed by atoms with Gasteiger partial charge in [-0.2, -0.15) is 0 Å². The van der Waals surface area contributed by atoms with Gasteiger partial charge in [0, 0.05) is 12.6 Å². The van der Waals surface area contributed by atoms with Gasteiger partial charge < -0.3 is 10.5 Å². The number of hydrogen-bond acceptors (Lipinski definition) is 2. The van der Waals surface area contributed by atoms with Crippen LogP contribution >= 0.6 is 0 Å². The van der Waals surface area contributed by atoms with Gasteiger partial charge in [-0.3, -0.25) is 0 Å². The maximum absolute atomic E-state index is 6.56. The average Bonchev–Trinajstić information content (AvgIpc) is 2.36. The van der Waals surface area contributed by atoms with E-state index in [2.05, 4.69) is 32.0 Å². The molecular formula is C17H25NO. The summed E-state index contributed by atoms with van der Waals surface area (Å²) in [5, 5.41) is 0. The number of rotatable bonds is 2. The molecular weight excluding hydrogens is 234 g/mol. The third-order valence-electron chi connectivity index (χ3n) is 5.09. The van der Waals surface area contributed by atoms with Crippen molar-refractivity contribution in [1.82, 2.24) is 0 Å². The van der Waals surface area contributed by atoms with Gasteiger partial charge in [0.25, 0.3) is 0 Å². The Morgan fingerprint density at radius 2 is 2.11 bits per heavy atom. The van der Waals surface area contributed by atoms with Crippen LogP contribution in [0.5, 0.6) is 0 Å². The molecule has 0 aromatic heterocycles. The smallest absolute Gasteiger partial charge is 0.0686 e. The lowest BCUT2D eigenvalue weighted by atomic mass is 9.69. The van der Waals surface area contributed by atoms with Gasteiger partial charge >= 0.3 is 0 Å². The number of aryl methyl sites for hydroxylation is 2. The summed E-state index contributed by atoms with van der Waals surface area (Å²) in [6.07, 6.45) is 6.06. The molecule has 2 nitrogen and oxygen atoms in total. The average molecular weight is 259 g/mol. The van der Waals surface area contributed by atoms with Crippen molar-refractivity contribution in [3.8, 4) is 0 Å². The summed E-state index contributed by atoms with van der Waals surface area (Å²) in [5.41, 5.74) is 10.7. The molecule has 1 saturated carbocycles. The fourth-order valence-electron chi connectivity index (χ4n) is 3.75. The lowest BCUT2D eigenvalue weighted by Crippen LogP contribution is -2.47. The van der Waals surface area contributed by atoms with Crippen LogP contribution in [0.25, 0.3) is 0 Å². The van der Waals surface area contributed by atoms with Gasteiger partial charge in [0.15, 0.2) is 0 Å². The molecule has 2 fully saturated rings. The first-order valence-corrected chi connectivity index (χ1v) is 7.56. The van der Waals surface area contributed by atoms with Gasteiger partial charge in [0.2, 0.25) is 0 Å². The van der Waals surface area contributed by atoms with Crippen molar-refractivity contribution in [1.29, 1.82) is 0 Å². The van der Waals surface area contributed by atoms with Crippen molar-refractivity contribution < 1.29 is 4.74 Å². The first-order chi connectivity index (χ1) is 9.10. The van der Waals surface area contributed by atoms with Crippen molar-refractivity contribution in [2.24, 2.45) is 11.7 Å². The normalized spacial score (nSPS) is 27.0. The molecule has 0 radical (unpaired) electrons. The molecule has 3 rings (SSSR count). The zero-order valence-corrected chi connectivity index (χ0v) is 12.1. The van der Waals surface area contributed by atoms with E-state index in [9.17, 15) is 0 Å². The maximum atomic E-state index is 6.56. The Morgan fingerprint density at radius 1 is 1.32 bits per heavy atom. The predicted molar refractivity (Wildman–Crippen MR) is 78.1 cm³/mol. The lowest BCUT2D eigenvalue weighted by Gasteiger charge is -2.48. The fourth-order valence-corrected chi connectivity index (χ4v) is 3.75. The third kappa shape index (κ3) is 2.44. The third-order valence-corrected chi connectivity index (χ3v) is 5.09. The van der Waals surface area contributed by atoms with Crippen LogP contribution in [-0.2, 0) is 4.74 Å². The SMILES string of the molecule is Cc1ccc(C(N)C2CCOC3(CCC3)C2)c(C)c1. The minimum absolute atomic E-state index is 0.168. The summed E-state index contributed by atoms with van der Waals surface area (Å²) in [7, 11) is 0. The summed E-state index contributed by atoms with van der Waals surface area (Å²) in [6.45, 7) is 5.21. The second-order valence-electron chi connectivity index (χ2n) is 6.52. The molecule has 1 saturated heterocycles. The van der Waals surface area contributed by atoms with Gasteiger partial charge in [0.05, 0.1) is 5.60 Å². The summed E-state index contributed by atoms with van der Waals surface area (Å²) in [4.78, 5) is 0. The van der Waals surface area contributed by atoms with E-state index in [0.29, 0.717) is 5.92 Å². The van der Waals surface area contributed by atoms with Crippen molar-refractivity contribution in [3.63, 3.8) is 0 Å². The van der Waals surface area contributed by atoms with E-state index in [1.165, 1.54) is 36.0 Å². The molecule has 0 bridgehead atoms. The van der Waals surface area contributed by atoms with Gasteiger partial charge in [-0.1, -0.05) is 23.8 Å². The number of ether oxygens (including phenoxy) is 1. The molecule has 1 aliphatic carbocycles. The van der Waals surface area contributed by atoms with Crippen LogP contribution < -0.4 is 5.73 Å². The monoisotopic (exact) mass is 259 g/mol. The molecule has 1 aliphatic heterocycles. The summed E-state index contributed by atoms with van der Waals surface area (Å²) >= 11 is 0. The number of nitrogens with two attached hydrogens (primary N) is 1. The van der Waals surface area contributed by atoms with E-state index in [1.807, 2.05) is 0 Å². The van der Waals surface area contributed by atoms with E-state index in [4.69, 9.17) is 10.5 Å². The number of hydrogen-bond donors (Lipinski definition) is 1. The highest BCUT2D eigenvalue weighted by Gasteiger charge is 2.44. The molecule has 2 unspecified atom stereocenters. The molecule has 1 aromatic carbocycles. The van der Waals surface area contributed by atoms with Crippen molar-refractivity contribution in [3.05, 3.63) is 34.9 Å². The molecule has 104 valence electrons. The molecule has 2 aliphatic rings. The zero-order valence-electron chi connectivity index (χ0n) is 12.1. The zero-order chi connectivity index (χ0) is 13.5. The number of benzene rings is 1. The highest BCUT2D eigenvalue weighted by molar-refractivity contribution is 5.33. The Hall–Kier alpha value is -0.860. The Balaban J connectivity index is 1.77. The first-order valence-electron chi connectivity index (χ1n) is 7.56. The molecule has 1 heterocycles. The van der Waals surface area contributed by atoms with Gasteiger partial charge in [0.1, 0.15) is 0 Å². The second kappa shape index (κ2) is 4.92. The lowest BCUT2D eigenvalue weighted by molar-refractivity contribution is -0.146. The van der Waals surface area contributed by atoms with Gasteiger partial charge in [-0.05, 0) is 63.0 Å². The standard InChI is InChI=1S/C17H25NO/c1-12-4-5-15(13(2)10-12)16(18)14-6-9-19-17(11-14)7-3-8-17/h4-5,10,14,16H,3,6-9,11,18H2,1-2H3. The van der Waals surface area contributed by atoms with Gasteiger partial charge in [-0.15, -0.1) is 0 Å². The van der Waals surface area contributed by atoms with Crippen molar-refractivity contribution in [2.75, 3.05) is 6.61 Å². The van der Waals surface area contributed by atoms with E-state index in [0.717, 1.165) is 19.4 Å². The molecule has 2 heteroatoms. The van der Waals surface area contributed by atoms with E-state index in [-0.39, 0.29) is 11.6 Å². The fraction of sp³-hybridized carbons (Fsp3) is 0.647.